The quantitative estimate of drug-likeness (QED) is 0.606. The van der Waals surface area contributed by atoms with Crippen molar-refractivity contribution < 1.29 is 9.90 Å². The molecule has 90 valence electrons. The van der Waals surface area contributed by atoms with Crippen molar-refractivity contribution in [3.8, 4) is 0 Å². The topological polar surface area (TPSA) is 61.4 Å². The van der Waals surface area contributed by atoms with E-state index in [9.17, 15) is 9.90 Å². The van der Waals surface area contributed by atoms with Crippen molar-refractivity contribution in [1.82, 2.24) is 10.6 Å². The maximum absolute atomic E-state index is 11.2. The molecule has 0 fully saturated rings. The Bertz CT molecular complexity index is 188. The monoisotopic (exact) mass is 216 g/mol. The fourth-order valence-corrected chi connectivity index (χ4v) is 1.34. The average molecular weight is 216 g/mol. The van der Waals surface area contributed by atoms with Gasteiger partial charge in [-0.15, -0.1) is 0 Å². The van der Waals surface area contributed by atoms with Crippen LogP contribution >= 0.6 is 0 Å². The number of aliphatic hydroxyl groups excluding tert-OH is 1. The average Bonchev–Trinajstić information content (AvgIpc) is 2.08. The lowest BCUT2D eigenvalue weighted by atomic mass is 9.89. The van der Waals surface area contributed by atoms with Crippen LogP contribution in [0, 0.1) is 5.41 Å². The van der Waals surface area contributed by atoms with Gasteiger partial charge in [-0.3, -0.25) is 4.79 Å². The summed E-state index contributed by atoms with van der Waals surface area (Å²) in [4.78, 5) is 11.2. The molecule has 0 heterocycles. The van der Waals surface area contributed by atoms with Crippen LogP contribution < -0.4 is 10.6 Å². The van der Waals surface area contributed by atoms with Gasteiger partial charge in [-0.05, 0) is 18.9 Å². The van der Waals surface area contributed by atoms with Crippen LogP contribution in [-0.2, 0) is 4.79 Å². The number of carbonyl (C=O) groups excluding carboxylic acids is 1. The molecule has 4 nitrogen and oxygen atoms in total. The Labute approximate surface area is 92.4 Å². The van der Waals surface area contributed by atoms with Crippen LogP contribution in [0.3, 0.4) is 0 Å². The van der Waals surface area contributed by atoms with E-state index in [-0.39, 0.29) is 11.3 Å². The van der Waals surface area contributed by atoms with E-state index in [2.05, 4.69) is 31.4 Å². The summed E-state index contributed by atoms with van der Waals surface area (Å²) in [5.41, 5.74) is 0.0924. The first-order valence-corrected chi connectivity index (χ1v) is 5.44. The zero-order valence-corrected chi connectivity index (χ0v) is 10.3. The molecule has 0 aromatic rings. The van der Waals surface area contributed by atoms with E-state index in [1.54, 1.807) is 0 Å². The first-order chi connectivity index (χ1) is 6.85. The summed E-state index contributed by atoms with van der Waals surface area (Å²) in [6.07, 6.45) is 0.696. The molecule has 0 saturated carbocycles. The zero-order valence-electron chi connectivity index (χ0n) is 10.3. The highest BCUT2D eigenvalue weighted by atomic mass is 16.3. The third kappa shape index (κ3) is 9.69. The van der Waals surface area contributed by atoms with Gasteiger partial charge >= 0.3 is 0 Å². The van der Waals surface area contributed by atoms with Crippen LogP contribution in [0.15, 0.2) is 0 Å². The summed E-state index contributed by atoms with van der Waals surface area (Å²) < 4.78 is 0. The van der Waals surface area contributed by atoms with Gasteiger partial charge in [0.25, 0.3) is 0 Å². The molecule has 4 heteroatoms. The summed E-state index contributed by atoms with van der Waals surface area (Å²) in [5.74, 6) is -0.0164. The van der Waals surface area contributed by atoms with Gasteiger partial charge in [0.15, 0.2) is 0 Å². The molecular formula is C11H24N2O2. The predicted molar refractivity (Wildman–Crippen MR) is 61.6 cm³/mol. The molecule has 3 N–H and O–H groups in total. The molecule has 0 saturated heterocycles. The number of carbonyl (C=O) groups is 1. The standard InChI is InChI=1S/C11H24N2O2/c1-11(2,3)7-9(14)8-13-10(15)5-6-12-4/h9,12,14H,5-8H2,1-4H3,(H,13,15). The second-order valence-corrected chi connectivity index (χ2v) is 5.08. The second-order valence-electron chi connectivity index (χ2n) is 5.08. The summed E-state index contributed by atoms with van der Waals surface area (Å²) in [5, 5.41) is 15.2. The molecule has 1 amide bonds. The minimum absolute atomic E-state index is 0.0164. The highest BCUT2D eigenvalue weighted by Gasteiger charge is 2.16. The lowest BCUT2D eigenvalue weighted by Gasteiger charge is -2.22. The zero-order chi connectivity index (χ0) is 11.9. The second kappa shape index (κ2) is 6.80. The van der Waals surface area contributed by atoms with Crippen LogP contribution in [0.4, 0.5) is 0 Å². The van der Waals surface area contributed by atoms with Crippen molar-refractivity contribution in [3.63, 3.8) is 0 Å². The minimum atomic E-state index is -0.455. The maximum atomic E-state index is 11.2. The summed E-state index contributed by atoms with van der Waals surface area (Å²) >= 11 is 0. The third-order valence-corrected chi connectivity index (χ3v) is 1.98. The lowest BCUT2D eigenvalue weighted by molar-refractivity contribution is -0.121. The Kier molecular flexibility index (Phi) is 6.52. The number of rotatable bonds is 6. The summed E-state index contributed by atoms with van der Waals surface area (Å²) in [6.45, 7) is 7.22. The molecule has 0 spiro atoms. The molecular weight excluding hydrogens is 192 g/mol. The molecule has 0 aliphatic carbocycles. The predicted octanol–water partition coefficient (Wildman–Crippen LogP) is 0.509. The number of hydrogen-bond donors (Lipinski definition) is 3. The Hall–Kier alpha value is -0.610. The maximum Gasteiger partial charge on any atom is 0.221 e. The van der Waals surface area contributed by atoms with Crippen molar-refractivity contribution >= 4 is 5.91 Å². The van der Waals surface area contributed by atoms with Crippen LogP contribution in [0.1, 0.15) is 33.6 Å². The highest BCUT2D eigenvalue weighted by molar-refractivity contribution is 5.76. The third-order valence-electron chi connectivity index (χ3n) is 1.98. The molecule has 1 unspecified atom stereocenters. The fourth-order valence-electron chi connectivity index (χ4n) is 1.34. The van der Waals surface area contributed by atoms with Gasteiger partial charge in [-0.2, -0.15) is 0 Å². The van der Waals surface area contributed by atoms with Gasteiger partial charge in [0.1, 0.15) is 0 Å². The van der Waals surface area contributed by atoms with E-state index >= 15 is 0 Å². The van der Waals surface area contributed by atoms with E-state index in [1.165, 1.54) is 0 Å². The Morgan fingerprint density at radius 3 is 2.47 bits per heavy atom. The molecule has 15 heavy (non-hydrogen) atoms. The molecule has 0 aromatic heterocycles. The first kappa shape index (κ1) is 14.4. The summed E-state index contributed by atoms with van der Waals surface area (Å²) in [7, 11) is 1.81. The largest absolute Gasteiger partial charge is 0.391 e. The van der Waals surface area contributed by atoms with Crippen LogP contribution in [0.5, 0.6) is 0 Å². The Morgan fingerprint density at radius 1 is 1.40 bits per heavy atom. The van der Waals surface area contributed by atoms with E-state index in [0.29, 0.717) is 25.9 Å². The van der Waals surface area contributed by atoms with Crippen LogP contribution in [0.2, 0.25) is 0 Å². The number of nitrogens with one attached hydrogen (secondary N) is 2. The minimum Gasteiger partial charge on any atom is -0.391 e. The Balaban J connectivity index is 3.62. The first-order valence-electron chi connectivity index (χ1n) is 5.44. The van der Waals surface area contributed by atoms with Gasteiger partial charge in [0.2, 0.25) is 5.91 Å². The van der Waals surface area contributed by atoms with Crippen LogP contribution in [-0.4, -0.2) is 37.3 Å². The molecule has 0 aromatic carbocycles. The molecule has 0 radical (unpaired) electrons. The van der Waals surface area contributed by atoms with E-state index in [0.717, 1.165) is 0 Å². The number of hydrogen-bond acceptors (Lipinski definition) is 3. The van der Waals surface area contributed by atoms with E-state index in [1.807, 2.05) is 7.05 Å². The van der Waals surface area contributed by atoms with Gasteiger partial charge in [0, 0.05) is 19.5 Å². The molecule has 0 bridgehead atoms. The normalized spacial score (nSPS) is 13.7. The highest BCUT2D eigenvalue weighted by Crippen LogP contribution is 2.20. The van der Waals surface area contributed by atoms with Crippen molar-refractivity contribution in [2.75, 3.05) is 20.1 Å². The van der Waals surface area contributed by atoms with Crippen molar-refractivity contribution in [2.45, 2.75) is 39.7 Å². The smallest absolute Gasteiger partial charge is 0.221 e. The van der Waals surface area contributed by atoms with Crippen LogP contribution in [0.25, 0.3) is 0 Å². The van der Waals surface area contributed by atoms with Gasteiger partial charge in [-0.1, -0.05) is 20.8 Å². The fraction of sp³-hybridized carbons (Fsp3) is 0.909. The number of amides is 1. The molecule has 0 rings (SSSR count). The van der Waals surface area contributed by atoms with Crippen molar-refractivity contribution in [2.24, 2.45) is 5.41 Å². The molecule has 1 atom stereocenters. The summed E-state index contributed by atoms with van der Waals surface area (Å²) in [6, 6.07) is 0. The number of aliphatic hydroxyl groups is 1. The lowest BCUT2D eigenvalue weighted by Crippen LogP contribution is -2.35. The van der Waals surface area contributed by atoms with Gasteiger partial charge < -0.3 is 15.7 Å². The van der Waals surface area contributed by atoms with E-state index < -0.39 is 6.10 Å². The molecule has 0 aliphatic heterocycles. The van der Waals surface area contributed by atoms with Gasteiger partial charge in [-0.25, -0.2) is 0 Å². The van der Waals surface area contributed by atoms with Crippen molar-refractivity contribution in [1.29, 1.82) is 0 Å². The van der Waals surface area contributed by atoms with Gasteiger partial charge in [0.05, 0.1) is 6.10 Å². The SMILES string of the molecule is CNCCC(=O)NCC(O)CC(C)(C)C. The van der Waals surface area contributed by atoms with Crippen molar-refractivity contribution in [3.05, 3.63) is 0 Å². The molecule has 0 aliphatic rings. The Morgan fingerprint density at radius 2 is 2.00 bits per heavy atom. The van der Waals surface area contributed by atoms with E-state index in [4.69, 9.17) is 0 Å².